The highest BCUT2D eigenvalue weighted by Gasteiger charge is 2.36. The zero-order valence-electron chi connectivity index (χ0n) is 17.5. The first-order valence-corrected chi connectivity index (χ1v) is 10.00. The van der Waals surface area contributed by atoms with Gasteiger partial charge in [-0.3, -0.25) is 14.0 Å². The van der Waals surface area contributed by atoms with Crippen molar-refractivity contribution in [3.8, 4) is 5.88 Å². The summed E-state index contributed by atoms with van der Waals surface area (Å²) in [6.45, 7) is 7.82. The summed E-state index contributed by atoms with van der Waals surface area (Å²) in [5.41, 5.74) is 1.54. The number of nitrogens with zero attached hydrogens (tertiary/aromatic N) is 6. The monoisotopic (exact) mass is 413 g/mol. The van der Waals surface area contributed by atoms with Gasteiger partial charge in [0.1, 0.15) is 17.6 Å². The number of hydrogen-bond acceptors (Lipinski definition) is 6. The Morgan fingerprint density at radius 3 is 2.97 bits per heavy atom. The van der Waals surface area contributed by atoms with E-state index in [4.69, 9.17) is 4.74 Å². The van der Waals surface area contributed by atoms with Crippen LogP contribution in [-0.2, 0) is 11.8 Å². The molecule has 0 spiro atoms. The third-order valence-electron chi connectivity index (χ3n) is 5.71. The first kappa shape index (κ1) is 20.0. The van der Waals surface area contributed by atoms with Crippen LogP contribution in [0.15, 0.2) is 25.0 Å². The number of imidazole rings is 1. The Morgan fingerprint density at radius 2 is 2.23 bits per heavy atom. The lowest BCUT2D eigenvalue weighted by Crippen LogP contribution is -2.48. The quantitative estimate of drug-likeness (QED) is 0.719. The van der Waals surface area contributed by atoms with Crippen molar-refractivity contribution >= 4 is 17.6 Å². The highest BCUT2D eigenvalue weighted by molar-refractivity contribution is 5.87. The predicted molar refractivity (Wildman–Crippen MR) is 110 cm³/mol. The summed E-state index contributed by atoms with van der Waals surface area (Å²) in [7, 11) is 3.40. The molecule has 2 unspecified atom stereocenters. The number of ether oxygens (including phenoxy) is 1. The molecule has 2 aromatic rings. The smallest absolute Gasteiger partial charge is 0.329 e. The van der Waals surface area contributed by atoms with Crippen molar-refractivity contribution in [3.05, 3.63) is 36.6 Å². The van der Waals surface area contributed by atoms with Crippen LogP contribution in [0.4, 0.5) is 10.5 Å². The second-order valence-electron chi connectivity index (χ2n) is 7.85. The van der Waals surface area contributed by atoms with Gasteiger partial charge in [-0.05, 0) is 25.3 Å². The zero-order valence-corrected chi connectivity index (χ0v) is 17.5. The third kappa shape index (κ3) is 3.53. The van der Waals surface area contributed by atoms with E-state index in [-0.39, 0.29) is 23.9 Å². The van der Waals surface area contributed by atoms with E-state index in [2.05, 4.69) is 22.0 Å². The lowest BCUT2D eigenvalue weighted by molar-refractivity contribution is -0.125. The molecule has 10 nitrogen and oxygen atoms in total. The number of methoxy groups -OCH3 is 1. The largest absolute Gasteiger partial charge is 0.478 e. The molecule has 4 heterocycles. The minimum atomic E-state index is -0.207. The summed E-state index contributed by atoms with van der Waals surface area (Å²) in [5, 5.41) is 7.72. The minimum absolute atomic E-state index is 0.0570. The summed E-state index contributed by atoms with van der Waals surface area (Å²) >= 11 is 0. The van der Waals surface area contributed by atoms with E-state index >= 15 is 0 Å². The van der Waals surface area contributed by atoms with Crippen LogP contribution in [0.5, 0.6) is 5.88 Å². The first-order valence-electron chi connectivity index (χ1n) is 10.00. The number of likely N-dealkylation sites (tertiary alicyclic amines) is 1. The van der Waals surface area contributed by atoms with Crippen LogP contribution in [0.3, 0.4) is 0 Å². The molecule has 2 aliphatic heterocycles. The number of carbonyl (C=O) groups is 2. The molecule has 1 fully saturated rings. The van der Waals surface area contributed by atoms with Gasteiger partial charge in [0.05, 0.1) is 13.3 Å². The van der Waals surface area contributed by atoms with Crippen molar-refractivity contribution in [3.63, 3.8) is 0 Å². The first-order chi connectivity index (χ1) is 14.4. The molecule has 2 amide bonds. The van der Waals surface area contributed by atoms with Crippen LogP contribution in [0.25, 0.3) is 0 Å². The summed E-state index contributed by atoms with van der Waals surface area (Å²) < 4.78 is 8.69. The van der Waals surface area contributed by atoms with Crippen molar-refractivity contribution in [2.45, 2.75) is 19.4 Å². The number of aromatic nitrogens is 4. The van der Waals surface area contributed by atoms with E-state index in [9.17, 15) is 9.59 Å². The summed E-state index contributed by atoms with van der Waals surface area (Å²) in [6.07, 6.45) is 5.77. The fraction of sp³-hybridized carbons (Fsp3) is 0.500. The molecule has 0 aromatic carbocycles. The maximum atomic E-state index is 13.2. The Morgan fingerprint density at radius 1 is 1.43 bits per heavy atom. The second kappa shape index (κ2) is 7.85. The number of nitrogens with one attached hydrogen (secondary N) is 1. The molecule has 160 valence electrons. The van der Waals surface area contributed by atoms with Crippen LogP contribution in [0.1, 0.15) is 24.0 Å². The molecule has 0 aliphatic carbocycles. The van der Waals surface area contributed by atoms with Gasteiger partial charge in [0.2, 0.25) is 5.91 Å². The van der Waals surface area contributed by atoms with Crippen LogP contribution in [0.2, 0.25) is 0 Å². The van der Waals surface area contributed by atoms with Gasteiger partial charge >= 0.3 is 6.03 Å². The maximum absolute atomic E-state index is 13.2. The molecule has 0 saturated carbocycles. The molecule has 1 N–H and O–H groups in total. The van der Waals surface area contributed by atoms with Crippen LogP contribution < -0.4 is 10.1 Å². The number of aryl methyl sites for hydroxylation is 2. The molecular weight excluding hydrogens is 386 g/mol. The molecular formula is C20H27N7O3. The Bertz CT molecular complexity index is 979. The third-order valence-corrected chi connectivity index (χ3v) is 5.71. The van der Waals surface area contributed by atoms with Crippen molar-refractivity contribution in [1.82, 2.24) is 29.1 Å². The van der Waals surface area contributed by atoms with Crippen molar-refractivity contribution in [2.75, 3.05) is 38.6 Å². The number of hydrogen-bond donors (Lipinski definition) is 1. The lowest BCUT2D eigenvalue weighted by Gasteiger charge is -2.35. The van der Waals surface area contributed by atoms with Gasteiger partial charge in [0.25, 0.3) is 5.88 Å². The second-order valence-corrected chi connectivity index (χ2v) is 7.85. The number of fused-ring (bicyclic) bond motifs is 1. The summed E-state index contributed by atoms with van der Waals surface area (Å²) in [4.78, 5) is 33.2. The highest BCUT2D eigenvalue weighted by atomic mass is 16.5. The molecule has 1 saturated heterocycles. The van der Waals surface area contributed by atoms with E-state index in [0.29, 0.717) is 37.9 Å². The molecule has 0 radical (unpaired) electrons. The van der Waals surface area contributed by atoms with E-state index < -0.39 is 0 Å². The van der Waals surface area contributed by atoms with E-state index in [1.54, 1.807) is 27.5 Å². The van der Waals surface area contributed by atoms with E-state index in [1.807, 2.05) is 25.1 Å². The van der Waals surface area contributed by atoms with Crippen LogP contribution in [-0.4, -0.2) is 74.4 Å². The fourth-order valence-electron chi connectivity index (χ4n) is 4.26. The number of carbonyl (C=O) groups excluding carboxylic acids is 2. The van der Waals surface area contributed by atoms with Gasteiger partial charge in [0.15, 0.2) is 0 Å². The van der Waals surface area contributed by atoms with E-state index in [1.165, 1.54) is 6.08 Å². The average Bonchev–Trinajstić information content (AvgIpc) is 3.44. The Kier molecular flexibility index (Phi) is 5.23. The number of rotatable bonds is 6. The number of anilines is 1. The molecule has 0 bridgehead atoms. The Balaban J connectivity index is 1.55. The predicted octanol–water partition coefficient (Wildman–Crippen LogP) is 1.41. The Labute approximate surface area is 175 Å². The fourth-order valence-corrected chi connectivity index (χ4v) is 4.26. The lowest BCUT2D eigenvalue weighted by atomic mass is 10.1. The zero-order chi connectivity index (χ0) is 21.4. The summed E-state index contributed by atoms with van der Waals surface area (Å²) in [6, 6.07) is -0.286. The van der Waals surface area contributed by atoms with Crippen molar-refractivity contribution < 1.29 is 14.3 Å². The van der Waals surface area contributed by atoms with Gasteiger partial charge in [-0.15, -0.1) is 5.10 Å². The standard InChI is InChI=1S/C20H27N7O3/c1-5-17(28)25-7-6-14(9-25)10-26-12-15(18-21-8-13(2)27(18)20(26)29)22-16-11-24(3)23-19(16)30-4/h5,8,11,14-15,22H,1,6-7,9-10,12H2,2-4H3. The van der Waals surface area contributed by atoms with Gasteiger partial charge in [0, 0.05) is 45.1 Å². The SMILES string of the molecule is C=CC(=O)N1CCC(CN2CC(Nc3cn(C)nc3OC)c3ncc(C)n3C2=O)C1. The summed E-state index contributed by atoms with van der Waals surface area (Å²) in [5.74, 6) is 1.34. The van der Waals surface area contributed by atoms with E-state index in [0.717, 1.165) is 17.8 Å². The average molecular weight is 413 g/mol. The van der Waals surface area contributed by atoms with Gasteiger partial charge in [-0.1, -0.05) is 6.58 Å². The molecule has 30 heavy (non-hydrogen) atoms. The Hall–Kier alpha value is -3.30. The molecule has 2 aliphatic rings. The van der Waals surface area contributed by atoms with Crippen molar-refractivity contribution in [1.29, 1.82) is 0 Å². The van der Waals surface area contributed by atoms with Crippen LogP contribution >= 0.6 is 0 Å². The molecule has 2 atom stereocenters. The molecule has 4 rings (SSSR count). The molecule has 2 aromatic heterocycles. The van der Waals surface area contributed by atoms with Crippen LogP contribution in [0, 0.1) is 12.8 Å². The van der Waals surface area contributed by atoms with Gasteiger partial charge < -0.3 is 19.9 Å². The topological polar surface area (TPSA) is 97.5 Å². The van der Waals surface area contributed by atoms with Gasteiger partial charge in [-0.25, -0.2) is 9.78 Å². The normalized spacial score (nSPS) is 21.0. The van der Waals surface area contributed by atoms with Gasteiger partial charge in [-0.2, -0.15) is 0 Å². The van der Waals surface area contributed by atoms with Crippen molar-refractivity contribution in [2.24, 2.45) is 13.0 Å². The maximum Gasteiger partial charge on any atom is 0.329 e. The minimum Gasteiger partial charge on any atom is -0.478 e. The molecule has 10 heteroatoms. The highest BCUT2D eigenvalue weighted by Crippen LogP contribution is 2.31. The number of amides is 2.